The van der Waals surface area contributed by atoms with Gasteiger partial charge in [0, 0.05) is 44.0 Å². The Morgan fingerprint density at radius 1 is 0.903 bits per heavy atom. The minimum atomic E-state index is -0.590. The SMILES string of the molecule is N#Cc1c(N)[nH]c(=O)c(C#N)c1-c1ccc(N2CCN(Cc3ccccc3)CC2)cc1. The molecule has 1 aromatic heterocycles. The van der Waals surface area contributed by atoms with Crippen LogP contribution in [-0.2, 0) is 6.54 Å². The summed E-state index contributed by atoms with van der Waals surface area (Å²) in [5.74, 6) is -0.0277. The number of anilines is 2. The Labute approximate surface area is 180 Å². The molecule has 7 heteroatoms. The van der Waals surface area contributed by atoms with Gasteiger partial charge in [0.15, 0.2) is 0 Å². The summed E-state index contributed by atoms with van der Waals surface area (Å²) < 4.78 is 0. The molecule has 0 spiro atoms. The molecule has 1 aliphatic heterocycles. The van der Waals surface area contributed by atoms with Crippen LogP contribution in [-0.4, -0.2) is 36.1 Å². The number of nitrogens with zero attached hydrogens (tertiary/aromatic N) is 4. The van der Waals surface area contributed by atoms with Crippen molar-refractivity contribution >= 4 is 11.5 Å². The molecular formula is C24H22N6O. The number of pyridine rings is 1. The van der Waals surface area contributed by atoms with E-state index >= 15 is 0 Å². The smallest absolute Gasteiger partial charge is 0.268 e. The van der Waals surface area contributed by atoms with E-state index in [1.165, 1.54) is 5.56 Å². The van der Waals surface area contributed by atoms with Crippen LogP contribution in [0.15, 0.2) is 59.4 Å². The Hall–Kier alpha value is -4.07. The van der Waals surface area contributed by atoms with E-state index in [0.29, 0.717) is 5.56 Å². The van der Waals surface area contributed by atoms with Crippen LogP contribution in [0, 0.1) is 22.7 Å². The number of nitrogens with two attached hydrogens (primary N) is 1. The second-order valence-electron chi connectivity index (χ2n) is 7.51. The molecule has 0 bridgehead atoms. The highest BCUT2D eigenvalue weighted by Crippen LogP contribution is 2.30. The fraction of sp³-hybridized carbons (Fsp3) is 0.208. The summed E-state index contributed by atoms with van der Waals surface area (Å²) in [5.41, 5.74) is 8.52. The van der Waals surface area contributed by atoms with Gasteiger partial charge < -0.3 is 15.6 Å². The zero-order valence-corrected chi connectivity index (χ0v) is 17.0. The van der Waals surface area contributed by atoms with Gasteiger partial charge in [-0.1, -0.05) is 42.5 Å². The first kappa shape index (κ1) is 20.2. The number of hydrogen-bond acceptors (Lipinski definition) is 6. The number of benzene rings is 2. The summed E-state index contributed by atoms with van der Waals surface area (Å²) in [6.07, 6.45) is 0. The molecule has 0 atom stereocenters. The lowest BCUT2D eigenvalue weighted by atomic mass is 9.96. The van der Waals surface area contributed by atoms with Crippen molar-refractivity contribution < 1.29 is 0 Å². The number of nitrogen functional groups attached to an aromatic ring is 1. The van der Waals surface area contributed by atoms with Crippen LogP contribution >= 0.6 is 0 Å². The Kier molecular flexibility index (Phi) is 5.70. The van der Waals surface area contributed by atoms with Gasteiger partial charge in [0.05, 0.1) is 0 Å². The maximum Gasteiger partial charge on any atom is 0.268 e. The Morgan fingerprint density at radius 2 is 1.55 bits per heavy atom. The fourth-order valence-electron chi connectivity index (χ4n) is 3.98. The molecule has 2 heterocycles. The predicted molar refractivity (Wildman–Crippen MR) is 120 cm³/mol. The standard InChI is InChI=1S/C24H22N6O/c25-14-20-22(21(15-26)24(31)28-23(20)27)18-6-8-19(9-7-18)30-12-10-29(11-13-30)16-17-4-2-1-3-5-17/h1-9H,10-13,16H2,(H3,27,28,31). The summed E-state index contributed by atoms with van der Waals surface area (Å²) in [7, 11) is 0. The quantitative estimate of drug-likeness (QED) is 0.684. The lowest BCUT2D eigenvalue weighted by Crippen LogP contribution is -2.45. The first-order valence-electron chi connectivity index (χ1n) is 10.1. The Bertz CT molecular complexity index is 1210. The van der Waals surface area contributed by atoms with Crippen LogP contribution in [0.1, 0.15) is 16.7 Å². The van der Waals surface area contributed by atoms with Crippen molar-refractivity contribution in [3.05, 3.63) is 81.6 Å². The molecular weight excluding hydrogens is 388 g/mol. The third-order valence-corrected chi connectivity index (χ3v) is 5.61. The van der Waals surface area contributed by atoms with Gasteiger partial charge in [-0.25, -0.2) is 0 Å². The molecule has 1 saturated heterocycles. The summed E-state index contributed by atoms with van der Waals surface area (Å²) in [6.45, 7) is 4.72. The topological polar surface area (TPSA) is 113 Å². The van der Waals surface area contributed by atoms with Gasteiger partial charge in [0.25, 0.3) is 5.56 Å². The van der Waals surface area contributed by atoms with Gasteiger partial charge in [-0.2, -0.15) is 10.5 Å². The molecule has 1 fully saturated rings. The van der Waals surface area contributed by atoms with Crippen molar-refractivity contribution in [2.75, 3.05) is 36.8 Å². The minimum absolute atomic E-state index is 0.0277. The molecule has 3 aromatic rings. The summed E-state index contributed by atoms with van der Waals surface area (Å²) in [5, 5.41) is 18.9. The second-order valence-corrected chi connectivity index (χ2v) is 7.51. The van der Waals surface area contributed by atoms with E-state index < -0.39 is 5.56 Å². The van der Waals surface area contributed by atoms with E-state index in [1.807, 2.05) is 42.5 Å². The van der Waals surface area contributed by atoms with Crippen molar-refractivity contribution in [1.82, 2.24) is 9.88 Å². The average Bonchev–Trinajstić information content (AvgIpc) is 2.80. The first-order valence-corrected chi connectivity index (χ1v) is 10.1. The zero-order valence-electron chi connectivity index (χ0n) is 17.0. The molecule has 0 saturated carbocycles. The number of nitrogens with one attached hydrogen (secondary N) is 1. The van der Waals surface area contributed by atoms with Crippen molar-refractivity contribution in [2.45, 2.75) is 6.54 Å². The molecule has 4 rings (SSSR count). The highest BCUT2D eigenvalue weighted by Gasteiger charge is 2.20. The van der Waals surface area contributed by atoms with Crippen LogP contribution in [0.25, 0.3) is 11.1 Å². The van der Waals surface area contributed by atoms with Crippen LogP contribution in [0.5, 0.6) is 0 Å². The largest absolute Gasteiger partial charge is 0.384 e. The van der Waals surface area contributed by atoms with Crippen LogP contribution < -0.4 is 16.2 Å². The van der Waals surface area contributed by atoms with E-state index in [2.05, 4.69) is 39.0 Å². The van der Waals surface area contributed by atoms with Gasteiger partial charge in [0.2, 0.25) is 0 Å². The molecule has 2 aromatic carbocycles. The molecule has 1 aliphatic rings. The summed E-state index contributed by atoms with van der Waals surface area (Å²) >= 11 is 0. The van der Waals surface area contributed by atoms with E-state index in [9.17, 15) is 15.3 Å². The number of nitriles is 2. The number of aromatic amines is 1. The van der Waals surface area contributed by atoms with Crippen LogP contribution in [0.2, 0.25) is 0 Å². The van der Waals surface area contributed by atoms with E-state index in [-0.39, 0.29) is 22.5 Å². The molecule has 154 valence electrons. The molecule has 0 aliphatic carbocycles. The van der Waals surface area contributed by atoms with Crippen LogP contribution in [0.3, 0.4) is 0 Å². The van der Waals surface area contributed by atoms with Crippen molar-refractivity contribution in [3.63, 3.8) is 0 Å². The lowest BCUT2D eigenvalue weighted by molar-refractivity contribution is 0.250. The van der Waals surface area contributed by atoms with Gasteiger partial charge in [0.1, 0.15) is 29.1 Å². The van der Waals surface area contributed by atoms with Crippen molar-refractivity contribution in [1.29, 1.82) is 10.5 Å². The number of rotatable bonds is 4. The number of hydrogen-bond donors (Lipinski definition) is 2. The van der Waals surface area contributed by atoms with E-state index in [4.69, 9.17) is 5.73 Å². The summed E-state index contributed by atoms with van der Waals surface area (Å²) in [4.78, 5) is 19.3. The number of aromatic nitrogens is 1. The lowest BCUT2D eigenvalue weighted by Gasteiger charge is -2.36. The Balaban J connectivity index is 1.51. The van der Waals surface area contributed by atoms with Gasteiger partial charge in [-0.15, -0.1) is 0 Å². The number of piperazine rings is 1. The maximum atomic E-state index is 12.1. The third kappa shape index (κ3) is 4.13. The van der Waals surface area contributed by atoms with E-state index in [0.717, 1.165) is 38.4 Å². The second kappa shape index (κ2) is 8.74. The van der Waals surface area contributed by atoms with Gasteiger partial charge in [-0.3, -0.25) is 9.69 Å². The highest BCUT2D eigenvalue weighted by atomic mass is 16.1. The fourth-order valence-corrected chi connectivity index (χ4v) is 3.98. The molecule has 0 amide bonds. The maximum absolute atomic E-state index is 12.1. The molecule has 0 unspecified atom stereocenters. The van der Waals surface area contributed by atoms with Gasteiger partial charge in [-0.05, 0) is 23.3 Å². The van der Waals surface area contributed by atoms with Crippen molar-refractivity contribution in [3.8, 4) is 23.3 Å². The number of H-pyrrole nitrogens is 1. The monoisotopic (exact) mass is 410 g/mol. The third-order valence-electron chi connectivity index (χ3n) is 5.61. The predicted octanol–water partition coefficient (Wildman–Crippen LogP) is 2.69. The van der Waals surface area contributed by atoms with E-state index in [1.54, 1.807) is 0 Å². The molecule has 31 heavy (non-hydrogen) atoms. The molecule has 0 radical (unpaired) electrons. The molecule has 3 N–H and O–H groups in total. The minimum Gasteiger partial charge on any atom is -0.384 e. The molecule has 7 nitrogen and oxygen atoms in total. The average molecular weight is 410 g/mol. The van der Waals surface area contributed by atoms with Gasteiger partial charge >= 0.3 is 0 Å². The zero-order chi connectivity index (χ0) is 21.8. The summed E-state index contributed by atoms with van der Waals surface area (Å²) in [6, 6.07) is 22.0. The van der Waals surface area contributed by atoms with Crippen LogP contribution in [0.4, 0.5) is 11.5 Å². The first-order chi connectivity index (χ1) is 15.1. The normalized spacial score (nSPS) is 14.1. The van der Waals surface area contributed by atoms with Crippen molar-refractivity contribution in [2.24, 2.45) is 0 Å². The Morgan fingerprint density at radius 3 is 2.16 bits per heavy atom. The highest BCUT2D eigenvalue weighted by molar-refractivity contribution is 5.80.